The summed E-state index contributed by atoms with van der Waals surface area (Å²) in [5, 5.41) is 31.1. The van der Waals surface area contributed by atoms with Crippen LogP contribution in [0.2, 0.25) is 0 Å². The van der Waals surface area contributed by atoms with E-state index in [9.17, 15) is 29.1 Å². The number of β-amino-alcohol motifs (C(OH)–C–C–N with tert-alkyl or cyclic N) is 1. The number of ether oxygens (including phenoxy) is 2. The zero-order chi connectivity index (χ0) is 52.4. The molecule has 2 fully saturated rings. The molecule has 0 unspecified atom stereocenters. The van der Waals surface area contributed by atoms with Crippen LogP contribution >= 0.6 is 22.7 Å². The first kappa shape index (κ1) is 53.6. The number of hydrogen-bond donors (Lipinski definition) is 5. The number of aromatic nitrogens is 6. The van der Waals surface area contributed by atoms with Gasteiger partial charge in [-0.15, -0.1) is 16.4 Å². The van der Waals surface area contributed by atoms with E-state index in [0.29, 0.717) is 48.7 Å². The van der Waals surface area contributed by atoms with E-state index in [1.165, 1.54) is 22.7 Å². The lowest BCUT2D eigenvalue weighted by molar-refractivity contribution is -0.144. The maximum Gasteiger partial charge on any atom is 0.411 e. The highest BCUT2D eigenvalue weighted by molar-refractivity contribution is 7.22. The Bertz CT molecular complexity index is 2930. The number of aliphatic hydroxyl groups excluding tert-OH is 1. The fourth-order valence-electron chi connectivity index (χ4n) is 9.09. The number of rotatable bonds is 20. The molecule has 1 aliphatic carbocycles. The highest BCUT2D eigenvalue weighted by Gasteiger charge is 2.44. The van der Waals surface area contributed by atoms with E-state index in [4.69, 9.17) is 9.47 Å². The summed E-state index contributed by atoms with van der Waals surface area (Å²) in [6, 6.07) is 13.7. The zero-order valence-electron chi connectivity index (χ0n) is 42.5. The number of benzene rings is 2. The molecule has 2 aliphatic rings. The molecule has 1 saturated carbocycles. The van der Waals surface area contributed by atoms with Crippen molar-refractivity contribution in [1.29, 1.82) is 0 Å². The van der Waals surface area contributed by atoms with Crippen molar-refractivity contribution >= 4 is 73.4 Å². The summed E-state index contributed by atoms with van der Waals surface area (Å²) in [7, 11) is 0. The third-order valence-electron chi connectivity index (χ3n) is 13.2. The van der Waals surface area contributed by atoms with Crippen LogP contribution in [-0.2, 0) is 48.2 Å². The minimum absolute atomic E-state index is 0.0287. The fourth-order valence-corrected chi connectivity index (χ4v) is 10.8. The van der Waals surface area contributed by atoms with Crippen LogP contribution in [0.3, 0.4) is 0 Å². The summed E-state index contributed by atoms with van der Waals surface area (Å²) in [6.07, 6.45) is 9.63. The molecule has 1 aliphatic heterocycles. The van der Waals surface area contributed by atoms with Crippen molar-refractivity contribution < 1.29 is 38.6 Å². The Balaban J connectivity index is 0.730. The Hall–Kier alpha value is -6.68. The predicted molar refractivity (Wildman–Crippen MR) is 283 cm³/mol. The number of thiazole rings is 2. The Labute approximate surface area is 438 Å². The van der Waals surface area contributed by atoms with E-state index in [0.717, 1.165) is 74.4 Å². The SMILES string of the molecule is Cc1ncc(-c2ccc3nc(NC(=O)CCCCc4cn(CCOCC(=O)N[C@H](C(=O)N5C[C@H](O)C[C@H]5C(=O)NCc5ccc(-c6scnc6C)cc5)C(C)(C)C)nn4)sc3c2)cc1NC(=O)OC1CCCCC1. The van der Waals surface area contributed by atoms with Crippen LogP contribution in [-0.4, -0.2) is 114 Å². The van der Waals surface area contributed by atoms with Crippen molar-refractivity contribution in [3.8, 4) is 21.6 Å². The number of likely N-dealkylation sites (tertiary alicyclic amines) is 1. The van der Waals surface area contributed by atoms with Crippen molar-refractivity contribution in [1.82, 2.24) is 45.5 Å². The summed E-state index contributed by atoms with van der Waals surface area (Å²) >= 11 is 2.96. The van der Waals surface area contributed by atoms with Crippen LogP contribution in [0.4, 0.5) is 15.6 Å². The lowest BCUT2D eigenvalue weighted by Gasteiger charge is -2.35. The standard InChI is InChI=1S/C53H65N11O8S2/c1-32-42(58-52(70)72-40-12-7-6-8-13-40)23-37(27-54-32)36-19-20-41-44(24-36)74-51(57-41)60-45(66)14-10-9-11-38-28-63(62-61-38)21-22-71-30-46(67)59-48(53(3,4)5)50(69)64-29-39(65)25-43(64)49(68)55-26-34-15-17-35(18-16-34)47-33(2)56-31-73-47/h15-20,23-24,27-28,31,39-40,43,48,65H,6-14,21-22,25-26,29-30H2,1-5H3,(H,55,68)(H,58,70)(H,59,67)(H,57,60,66)/t39-,43+,48-/m1/s1. The molecule has 5 heterocycles. The van der Waals surface area contributed by atoms with Gasteiger partial charge in [-0.25, -0.2) is 19.4 Å². The summed E-state index contributed by atoms with van der Waals surface area (Å²) in [4.78, 5) is 82.1. The Kier molecular flexibility index (Phi) is 17.8. The number of pyridine rings is 1. The van der Waals surface area contributed by atoms with Crippen LogP contribution in [0.15, 0.2) is 66.4 Å². The molecule has 4 aromatic heterocycles. The molecule has 5 amide bonds. The molecule has 392 valence electrons. The normalized spacial score (nSPS) is 16.5. The van der Waals surface area contributed by atoms with E-state index >= 15 is 0 Å². The second kappa shape index (κ2) is 24.6. The van der Waals surface area contributed by atoms with Gasteiger partial charge in [0.15, 0.2) is 5.13 Å². The Morgan fingerprint density at radius 1 is 0.905 bits per heavy atom. The molecular formula is C53H65N11O8S2. The van der Waals surface area contributed by atoms with Gasteiger partial charge in [0.25, 0.3) is 0 Å². The van der Waals surface area contributed by atoms with Crippen molar-refractivity contribution in [3.05, 3.63) is 89.1 Å². The van der Waals surface area contributed by atoms with E-state index in [1.54, 1.807) is 28.4 Å². The number of amides is 5. The highest BCUT2D eigenvalue weighted by Crippen LogP contribution is 2.33. The molecule has 8 rings (SSSR count). The van der Waals surface area contributed by atoms with E-state index < -0.39 is 41.5 Å². The molecule has 74 heavy (non-hydrogen) atoms. The first-order valence-electron chi connectivity index (χ1n) is 25.2. The van der Waals surface area contributed by atoms with Gasteiger partial charge in [-0.1, -0.05) is 74.1 Å². The van der Waals surface area contributed by atoms with Gasteiger partial charge in [0.05, 0.1) is 62.6 Å². The number of hydrogen-bond acceptors (Lipinski definition) is 15. The zero-order valence-corrected chi connectivity index (χ0v) is 44.2. The molecule has 2 aromatic carbocycles. The molecule has 0 bridgehead atoms. The van der Waals surface area contributed by atoms with Gasteiger partial charge >= 0.3 is 6.09 Å². The number of carbonyl (C=O) groups excluding carboxylic acids is 5. The third-order valence-corrected chi connectivity index (χ3v) is 15.1. The summed E-state index contributed by atoms with van der Waals surface area (Å²) in [6.45, 7) is 9.69. The molecule has 21 heteroatoms. The van der Waals surface area contributed by atoms with Crippen LogP contribution in [0, 0.1) is 19.3 Å². The van der Waals surface area contributed by atoms with Crippen LogP contribution < -0.4 is 21.3 Å². The predicted octanol–water partition coefficient (Wildman–Crippen LogP) is 7.75. The molecule has 3 atom stereocenters. The van der Waals surface area contributed by atoms with E-state index in [2.05, 4.69) is 46.5 Å². The number of aliphatic hydroxyl groups is 1. The fraction of sp³-hybridized carbons (Fsp3) is 0.472. The number of unbranched alkanes of at least 4 members (excludes halogenated alkanes) is 1. The first-order valence-corrected chi connectivity index (χ1v) is 26.9. The number of carbonyl (C=O) groups is 5. The lowest BCUT2D eigenvalue weighted by Crippen LogP contribution is -2.58. The summed E-state index contributed by atoms with van der Waals surface area (Å²) in [5.74, 6) is -1.47. The molecule has 0 radical (unpaired) electrons. The van der Waals surface area contributed by atoms with E-state index in [1.807, 2.05) is 88.7 Å². The molecule has 0 spiro atoms. The monoisotopic (exact) mass is 1050 g/mol. The quantitative estimate of drug-likeness (QED) is 0.0460. The van der Waals surface area contributed by atoms with Gasteiger partial charge in [-0.2, -0.15) is 0 Å². The Morgan fingerprint density at radius 2 is 1.69 bits per heavy atom. The molecule has 19 nitrogen and oxygen atoms in total. The van der Waals surface area contributed by atoms with Crippen LogP contribution in [0.1, 0.15) is 101 Å². The van der Waals surface area contributed by atoms with Crippen LogP contribution in [0.25, 0.3) is 31.8 Å². The van der Waals surface area contributed by atoms with Crippen molar-refractivity contribution in [3.63, 3.8) is 0 Å². The molecular weight excluding hydrogens is 983 g/mol. The van der Waals surface area contributed by atoms with Crippen molar-refractivity contribution in [2.45, 2.75) is 136 Å². The summed E-state index contributed by atoms with van der Waals surface area (Å²) in [5.41, 5.74) is 8.51. The van der Waals surface area contributed by atoms with Gasteiger partial charge in [0.2, 0.25) is 23.6 Å². The number of fused-ring (bicyclic) bond motifs is 1. The maximum atomic E-state index is 14.0. The average Bonchev–Trinajstić information content (AvgIpc) is 4.20. The van der Waals surface area contributed by atoms with Gasteiger partial charge < -0.3 is 35.4 Å². The minimum atomic E-state index is -0.986. The first-order chi connectivity index (χ1) is 35.6. The van der Waals surface area contributed by atoms with Crippen molar-refractivity contribution in [2.75, 3.05) is 30.4 Å². The number of nitrogens with one attached hydrogen (secondary N) is 4. The number of anilines is 2. The van der Waals surface area contributed by atoms with Gasteiger partial charge in [0.1, 0.15) is 24.8 Å². The second-order valence-corrected chi connectivity index (χ2v) is 22.0. The highest BCUT2D eigenvalue weighted by atomic mass is 32.1. The largest absolute Gasteiger partial charge is 0.446 e. The van der Waals surface area contributed by atoms with Crippen LogP contribution in [0.5, 0.6) is 0 Å². The Morgan fingerprint density at radius 3 is 2.45 bits per heavy atom. The van der Waals surface area contributed by atoms with Gasteiger partial charge in [-0.3, -0.25) is 29.5 Å². The number of nitrogens with zero attached hydrogens (tertiary/aromatic N) is 7. The molecule has 5 N–H and O–H groups in total. The maximum absolute atomic E-state index is 14.0. The van der Waals surface area contributed by atoms with E-state index in [-0.39, 0.29) is 50.6 Å². The number of aryl methyl sites for hydroxylation is 3. The third kappa shape index (κ3) is 14.3. The molecule has 1 saturated heterocycles. The topological polar surface area (TPSA) is 245 Å². The van der Waals surface area contributed by atoms with Crippen molar-refractivity contribution in [2.24, 2.45) is 5.41 Å². The van der Waals surface area contributed by atoms with Gasteiger partial charge in [0, 0.05) is 43.9 Å². The molecule has 6 aromatic rings. The minimum Gasteiger partial charge on any atom is -0.446 e. The summed E-state index contributed by atoms with van der Waals surface area (Å²) < 4.78 is 13.9. The van der Waals surface area contributed by atoms with Gasteiger partial charge in [-0.05, 0) is 99.1 Å². The average molecular weight is 1050 g/mol. The lowest BCUT2D eigenvalue weighted by atomic mass is 9.85. The second-order valence-electron chi connectivity index (χ2n) is 20.1. The smallest absolute Gasteiger partial charge is 0.411 e.